The van der Waals surface area contributed by atoms with Crippen LogP contribution in [-0.2, 0) is 9.53 Å². The van der Waals surface area contributed by atoms with E-state index < -0.39 is 36.0 Å². The van der Waals surface area contributed by atoms with Crippen molar-refractivity contribution in [1.29, 1.82) is 0 Å². The fraction of sp³-hybridized carbons (Fsp3) is 0.619. The molecule has 32 heavy (non-hydrogen) atoms. The summed E-state index contributed by atoms with van der Waals surface area (Å²) in [5.74, 6) is 6.17. The number of hydrogen-bond acceptors (Lipinski definition) is 9. The predicted octanol–water partition coefficient (Wildman–Crippen LogP) is -0.934. The van der Waals surface area contributed by atoms with Gasteiger partial charge >= 0.3 is 0 Å². The molecule has 7 unspecified atom stereocenters. The smallest absolute Gasteiger partial charge is 0.252 e. The molecule has 0 aromatic carbocycles. The number of anilines is 1. The highest BCUT2D eigenvalue weighted by atomic mass is 16.6. The van der Waals surface area contributed by atoms with Gasteiger partial charge in [-0.2, -0.15) is 0 Å². The second kappa shape index (κ2) is 7.67. The van der Waals surface area contributed by atoms with Crippen molar-refractivity contribution in [3.63, 3.8) is 0 Å². The second-order valence-corrected chi connectivity index (χ2v) is 8.83. The molecule has 6 N–H and O–H groups in total. The molecule has 5 rings (SSSR count). The van der Waals surface area contributed by atoms with Crippen LogP contribution in [-0.4, -0.2) is 71.2 Å². The van der Waals surface area contributed by atoms with Crippen molar-refractivity contribution in [2.75, 3.05) is 12.3 Å². The lowest BCUT2D eigenvalue weighted by Crippen LogP contribution is -2.42. The fourth-order valence-electron chi connectivity index (χ4n) is 5.18. The number of nitrogens with two attached hydrogens (primary N) is 1. The molecule has 7 atom stereocenters. The van der Waals surface area contributed by atoms with E-state index in [-0.39, 0.29) is 28.7 Å². The first-order chi connectivity index (χ1) is 15.3. The molecule has 11 heteroatoms. The van der Waals surface area contributed by atoms with Crippen molar-refractivity contribution in [2.24, 2.45) is 11.8 Å². The standard InChI is InChI=1S/C21H26N6O5/c1-2-23-19(30)16-14(28)15(29)20(32-16)27-9-24-13-17(22)25-12(26-18(13)27)5-6-21(31)8-10-3-4-11(21)7-10/h9-11,14-16,20,28-29,31H,2-4,7-8H2,1H3,(H,23,30)(H2,22,25,26). The molecule has 1 amide bonds. The quantitative estimate of drug-likeness (QED) is 0.377. The summed E-state index contributed by atoms with van der Waals surface area (Å²) in [6.07, 6.45) is -0.0440. The molecular weight excluding hydrogens is 416 g/mol. The number of rotatable bonds is 3. The molecule has 0 radical (unpaired) electrons. The van der Waals surface area contributed by atoms with E-state index in [1.165, 1.54) is 10.9 Å². The van der Waals surface area contributed by atoms with Crippen molar-refractivity contribution in [1.82, 2.24) is 24.8 Å². The maximum atomic E-state index is 12.2. The summed E-state index contributed by atoms with van der Waals surface area (Å²) >= 11 is 0. The van der Waals surface area contributed by atoms with Crippen molar-refractivity contribution in [3.05, 3.63) is 12.2 Å². The topological polar surface area (TPSA) is 169 Å². The Labute approximate surface area is 184 Å². The molecule has 3 fully saturated rings. The molecule has 1 saturated heterocycles. The first-order valence-corrected chi connectivity index (χ1v) is 10.9. The third kappa shape index (κ3) is 3.31. The van der Waals surface area contributed by atoms with Crippen LogP contribution in [0.15, 0.2) is 6.33 Å². The van der Waals surface area contributed by atoms with E-state index in [4.69, 9.17) is 10.5 Å². The number of fused-ring (bicyclic) bond motifs is 3. The number of nitrogens with one attached hydrogen (secondary N) is 1. The van der Waals surface area contributed by atoms with Crippen LogP contribution in [0, 0.1) is 23.7 Å². The minimum atomic E-state index is -1.42. The molecule has 2 aromatic rings. The highest BCUT2D eigenvalue weighted by Crippen LogP contribution is 2.50. The number of nitrogen functional groups attached to an aromatic ring is 1. The molecule has 3 heterocycles. The van der Waals surface area contributed by atoms with Gasteiger partial charge in [-0.05, 0) is 50.4 Å². The number of aliphatic hydroxyl groups is 3. The highest BCUT2D eigenvalue weighted by molar-refractivity contribution is 5.83. The summed E-state index contributed by atoms with van der Waals surface area (Å²) < 4.78 is 7.06. The SMILES string of the molecule is CCNC(=O)C1OC(n2cnc3c(N)nc(C#CC4(O)CC5CCC4C5)nc32)C(O)C1O. The van der Waals surface area contributed by atoms with Crippen LogP contribution in [0.3, 0.4) is 0 Å². The molecular formula is C21H26N6O5. The highest BCUT2D eigenvalue weighted by Gasteiger charge is 2.49. The summed E-state index contributed by atoms with van der Waals surface area (Å²) in [6.45, 7) is 2.10. The summed E-state index contributed by atoms with van der Waals surface area (Å²) in [5, 5.41) is 34.3. The first kappa shape index (κ1) is 21.1. The van der Waals surface area contributed by atoms with Crippen molar-refractivity contribution in [3.8, 4) is 11.8 Å². The molecule has 1 aliphatic heterocycles. The van der Waals surface area contributed by atoms with Crippen LogP contribution in [0.25, 0.3) is 11.2 Å². The monoisotopic (exact) mass is 442 g/mol. The van der Waals surface area contributed by atoms with Crippen LogP contribution in [0.4, 0.5) is 5.82 Å². The zero-order chi connectivity index (χ0) is 22.6. The minimum Gasteiger partial charge on any atom is -0.387 e. The number of nitrogens with zero attached hydrogens (tertiary/aromatic N) is 4. The normalized spacial score (nSPS) is 35.8. The average Bonchev–Trinajstić information content (AvgIpc) is 3.51. The molecule has 2 aromatic heterocycles. The first-order valence-electron chi connectivity index (χ1n) is 10.9. The largest absolute Gasteiger partial charge is 0.387 e. The summed E-state index contributed by atoms with van der Waals surface area (Å²) in [6, 6.07) is 0. The number of ether oxygens (including phenoxy) is 1. The van der Waals surface area contributed by atoms with E-state index in [2.05, 4.69) is 32.1 Å². The number of likely N-dealkylation sites (N-methyl/N-ethyl adjacent to an activating group) is 1. The number of carbonyl (C=O) groups is 1. The maximum Gasteiger partial charge on any atom is 0.252 e. The van der Waals surface area contributed by atoms with Gasteiger partial charge in [-0.25, -0.2) is 15.0 Å². The van der Waals surface area contributed by atoms with Crippen LogP contribution in [0.2, 0.25) is 0 Å². The molecule has 0 spiro atoms. The van der Waals surface area contributed by atoms with Crippen molar-refractivity contribution < 1.29 is 24.9 Å². The number of amides is 1. The zero-order valence-corrected chi connectivity index (χ0v) is 17.6. The Morgan fingerprint density at radius 2 is 2.19 bits per heavy atom. The number of carbonyl (C=O) groups excluding carboxylic acids is 1. The van der Waals surface area contributed by atoms with E-state index in [0.29, 0.717) is 18.9 Å². The average molecular weight is 442 g/mol. The molecule has 11 nitrogen and oxygen atoms in total. The summed E-state index contributed by atoms with van der Waals surface area (Å²) in [4.78, 5) is 25.0. The Kier molecular flexibility index (Phi) is 5.05. The molecule has 3 aliphatic rings. The predicted molar refractivity (Wildman–Crippen MR) is 112 cm³/mol. The van der Waals surface area contributed by atoms with Gasteiger partial charge in [0.25, 0.3) is 5.91 Å². The van der Waals surface area contributed by atoms with Gasteiger partial charge < -0.3 is 31.1 Å². The van der Waals surface area contributed by atoms with Gasteiger partial charge in [-0.15, -0.1) is 0 Å². The van der Waals surface area contributed by atoms with E-state index in [1.54, 1.807) is 6.92 Å². The Bertz CT molecular complexity index is 1130. The van der Waals surface area contributed by atoms with Crippen molar-refractivity contribution in [2.45, 2.75) is 62.7 Å². The fourth-order valence-corrected chi connectivity index (χ4v) is 5.18. The molecule has 2 bridgehead atoms. The van der Waals surface area contributed by atoms with E-state index in [9.17, 15) is 20.1 Å². The molecule has 2 aliphatic carbocycles. The van der Waals surface area contributed by atoms with Gasteiger partial charge in [0.15, 0.2) is 23.8 Å². The minimum absolute atomic E-state index is 0.0892. The third-order valence-electron chi connectivity index (χ3n) is 6.78. The molecule has 170 valence electrons. The third-order valence-corrected chi connectivity index (χ3v) is 6.78. The Hall–Kier alpha value is -2.78. The van der Waals surface area contributed by atoms with Crippen LogP contribution in [0.1, 0.15) is 44.7 Å². The number of imidazole rings is 1. The second-order valence-electron chi connectivity index (χ2n) is 8.83. The van der Waals surface area contributed by atoms with Gasteiger partial charge in [0, 0.05) is 6.54 Å². The number of aliphatic hydroxyl groups excluding tert-OH is 2. The number of aromatic nitrogens is 4. The summed E-state index contributed by atoms with van der Waals surface area (Å²) in [7, 11) is 0. The lowest BCUT2D eigenvalue weighted by Gasteiger charge is -2.26. The van der Waals surface area contributed by atoms with Crippen LogP contribution >= 0.6 is 0 Å². The Morgan fingerprint density at radius 1 is 1.38 bits per heavy atom. The van der Waals surface area contributed by atoms with Gasteiger partial charge in [0.05, 0.1) is 6.33 Å². The Balaban J connectivity index is 1.47. The molecule has 2 saturated carbocycles. The van der Waals surface area contributed by atoms with Crippen LogP contribution < -0.4 is 11.1 Å². The van der Waals surface area contributed by atoms with Gasteiger partial charge in [0.1, 0.15) is 23.3 Å². The number of hydrogen-bond donors (Lipinski definition) is 5. The lowest BCUT2D eigenvalue weighted by molar-refractivity contribution is -0.137. The Morgan fingerprint density at radius 3 is 2.88 bits per heavy atom. The zero-order valence-electron chi connectivity index (χ0n) is 17.6. The van der Waals surface area contributed by atoms with E-state index in [0.717, 1.165) is 19.3 Å². The summed E-state index contributed by atoms with van der Waals surface area (Å²) in [5.41, 5.74) is 5.54. The van der Waals surface area contributed by atoms with Gasteiger partial charge in [0.2, 0.25) is 5.82 Å². The van der Waals surface area contributed by atoms with E-state index in [1.807, 2.05) is 0 Å². The van der Waals surface area contributed by atoms with Gasteiger partial charge in [-0.3, -0.25) is 9.36 Å². The lowest BCUT2D eigenvalue weighted by atomic mass is 9.85. The van der Waals surface area contributed by atoms with Crippen LogP contribution in [0.5, 0.6) is 0 Å². The van der Waals surface area contributed by atoms with Gasteiger partial charge in [-0.1, -0.05) is 5.92 Å². The van der Waals surface area contributed by atoms with Crippen molar-refractivity contribution >= 4 is 22.9 Å². The maximum absolute atomic E-state index is 12.2. The van der Waals surface area contributed by atoms with E-state index >= 15 is 0 Å².